The number of nitro groups is 1. The zero-order valence-corrected chi connectivity index (χ0v) is 17.2. The van der Waals surface area contributed by atoms with E-state index < -0.39 is 20.9 Å². The van der Waals surface area contributed by atoms with Crippen LogP contribution >= 0.6 is 0 Å². The lowest BCUT2D eigenvalue weighted by atomic mass is 10.2. The van der Waals surface area contributed by atoms with E-state index in [9.17, 15) is 23.3 Å². The SMILES string of the molecule is CN(c1ccc(C(=O)NN=Cc2cccc([N+](=O)[O-])c2)cc1)S(=O)(=O)c1ccccc1. The van der Waals surface area contributed by atoms with Crippen molar-refractivity contribution in [3.63, 3.8) is 0 Å². The van der Waals surface area contributed by atoms with E-state index in [4.69, 9.17) is 0 Å². The van der Waals surface area contributed by atoms with Crippen LogP contribution in [0, 0.1) is 10.1 Å². The summed E-state index contributed by atoms with van der Waals surface area (Å²) in [6.07, 6.45) is 1.29. The topological polar surface area (TPSA) is 122 Å². The molecule has 0 fully saturated rings. The Labute approximate surface area is 178 Å². The number of nitrogens with one attached hydrogen (secondary N) is 1. The normalized spacial score (nSPS) is 11.3. The molecule has 0 radical (unpaired) electrons. The van der Waals surface area contributed by atoms with Crippen LogP contribution < -0.4 is 9.73 Å². The molecule has 0 atom stereocenters. The predicted octanol–water partition coefficient (Wildman–Crippen LogP) is 3.18. The fourth-order valence-electron chi connectivity index (χ4n) is 2.66. The number of nitrogens with zero attached hydrogens (tertiary/aromatic N) is 3. The molecule has 9 nitrogen and oxygen atoms in total. The summed E-state index contributed by atoms with van der Waals surface area (Å²) in [6, 6.07) is 19.8. The molecule has 3 rings (SSSR count). The van der Waals surface area contributed by atoms with E-state index in [-0.39, 0.29) is 16.1 Å². The lowest BCUT2D eigenvalue weighted by Crippen LogP contribution is -2.26. The third-order valence-electron chi connectivity index (χ3n) is 4.36. The summed E-state index contributed by atoms with van der Waals surface area (Å²) in [6.45, 7) is 0. The van der Waals surface area contributed by atoms with Crippen molar-refractivity contribution in [3.05, 3.63) is 100 Å². The minimum absolute atomic E-state index is 0.0829. The Kier molecular flexibility index (Phi) is 6.41. The van der Waals surface area contributed by atoms with E-state index >= 15 is 0 Å². The zero-order valence-electron chi connectivity index (χ0n) is 16.4. The zero-order chi connectivity index (χ0) is 22.4. The summed E-state index contributed by atoms with van der Waals surface area (Å²) in [5, 5.41) is 14.6. The van der Waals surface area contributed by atoms with Gasteiger partial charge < -0.3 is 0 Å². The van der Waals surface area contributed by atoms with E-state index in [2.05, 4.69) is 10.5 Å². The monoisotopic (exact) mass is 438 g/mol. The molecule has 3 aromatic carbocycles. The first-order valence-electron chi connectivity index (χ1n) is 9.01. The summed E-state index contributed by atoms with van der Waals surface area (Å²) in [7, 11) is -2.29. The van der Waals surface area contributed by atoms with E-state index in [1.54, 1.807) is 24.3 Å². The maximum atomic E-state index is 12.7. The van der Waals surface area contributed by atoms with Crippen molar-refractivity contribution < 1.29 is 18.1 Å². The standard InChI is InChI=1S/C21H18N4O5S/c1-24(31(29,30)20-8-3-2-4-9-20)18-12-10-17(11-13-18)21(26)23-22-15-16-6-5-7-19(14-16)25(27)28/h2-15H,1H3,(H,23,26). The van der Waals surface area contributed by atoms with Crippen LogP contribution in [0.5, 0.6) is 0 Å². The number of hydrogen-bond donors (Lipinski definition) is 1. The van der Waals surface area contributed by atoms with Crippen molar-refractivity contribution in [2.24, 2.45) is 5.10 Å². The van der Waals surface area contributed by atoms with Gasteiger partial charge in [0.15, 0.2) is 0 Å². The summed E-state index contributed by atoms with van der Waals surface area (Å²) in [5.41, 5.74) is 3.36. The number of amides is 1. The highest BCUT2D eigenvalue weighted by Gasteiger charge is 2.21. The van der Waals surface area contributed by atoms with Crippen LogP contribution in [0.1, 0.15) is 15.9 Å². The number of sulfonamides is 1. The molecule has 0 saturated heterocycles. The highest BCUT2D eigenvalue weighted by molar-refractivity contribution is 7.92. The van der Waals surface area contributed by atoms with Crippen LogP contribution in [0.15, 0.2) is 88.9 Å². The molecular formula is C21H18N4O5S. The average molecular weight is 438 g/mol. The molecule has 1 N–H and O–H groups in total. The second-order valence-electron chi connectivity index (χ2n) is 6.38. The number of carbonyl (C=O) groups excluding carboxylic acids is 1. The average Bonchev–Trinajstić information content (AvgIpc) is 2.79. The Morgan fingerprint density at radius 1 is 1.03 bits per heavy atom. The molecule has 0 aliphatic heterocycles. The third kappa shape index (κ3) is 5.11. The Hall–Kier alpha value is -4.05. The van der Waals surface area contributed by atoms with Gasteiger partial charge in [-0.2, -0.15) is 5.10 Å². The first-order valence-corrected chi connectivity index (χ1v) is 10.4. The fourth-order valence-corrected chi connectivity index (χ4v) is 3.88. The maximum absolute atomic E-state index is 12.7. The molecular weight excluding hydrogens is 420 g/mol. The van der Waals surface area contributed by atoms with Crippen molar-refractivity contribution in [1.82, 2.24) is 5.43 Å². The van der Waals surface area contributed by atoms with Crippen molar-refractivity contribution >= 4 is 33.5 Å². The van der Waals surface area contributed by atoms with Gasteiger partial charge in [-0.1, -0.05) is 30.3 Å². The number of benzene rings is 3. The number of hydrogen-bond acceptors (Lipinski definition) is 6. The maximum Gasteiger partial charge on any atom is 0.271 e. The summed E-state index contributed by atoms with van der Waals surface area (Å²) in [4.78, 5) is 22.7. The van der Waals surface area contributed by atoms with Crippen LogP contribution in [0.2, 0.25) is 0 Å². The molecule has 3 aromatic rings. The van der Waals surface area contributed by atoms with Crippen molar-refractivity contribution in [1.29, 1.82) is 0 Å². The van der Waals surface area contributed by atoms with Gasteiger partial charge >= 0.3 is 0 Å². The van der Waals surface area contributed by atoms with Gasteiger partial charge in [-0.3, -0.25) is 19.2 Å². The van der Waals surface area contributed by atoms with E-state index in [0.29, 0.717) is 11.3 Å². The smallest absolute Gasteiger partial charge is 0.269 e. The molecule has 0 aliphatic carbocycles. The fraction of sp³-hybridized carbons (Fsp3) is 0.0476. The third-order valence-corrected chi connectivity index (χ3v) is 6.16. The molecule has 0 heterocycles. The van der Waals surface area contributed by atoms with Crippen LogP contribution in [-0.2, 0) is 10.0 Å². The molecule has 0 aliphatic rings. The lowest BCUT2D eigenvalue weighted by Gasteiger charge is -2.19. The van der Waals surface area contributed by atoms with Crippen molar-refractivity contribution in [3.8, 4) is 0 Å². The molecule has 0 unspecified atom stereocenters. The molecule has 0 saturated carbocycles. The predicted molar refractivity (Wildman–Crippen MR) is 117 cm³/mol. The first-order chi connectivity index (χ1) is 14.8. The van der Waals surface area contributed by atoms with Crippen molar-refractivity contribution in [2.75, 3.05) is 11.4 Å². The number of nitro benzene ring substituents is 1. The van der Waals surface area contributed by atoms with Gasteiger partial charge in [0.25, 0.3) is 21.6 Å². The van der Waals surface area contributed by atoms with Crippen LogP contribution in [0.4, 0.5) is 11.4 Å². The molecule has 0 aromatic heterocycles. The van der Waals surface area contributed by atoms with Crippen LogP contribution in [0.25, 0.3) is 0 Å². The number of anilines is 1. The van der Waals surface area contributed by atoms with Crippen molar-refractivity contribution in [2.45, 2.75) is 4.90 Å². The molecule has 0 spiro atoms. The van der Waals surface area contributed by atoms with Gasteiger partial charge in [-0.25, -0.2) is 13.8 Å². The quantitative estimate of drug-likeness (QED) is 0.345. The van der Waals surface area contributed by atoms with Gasteiger partial charge in [0.05, 0.1) is 21.7 Å². The Bertz CT molecular complexity index is 1230. The van der Waals surface area contributed by atoms with E-state index in [1.165, 1.54) is 67.9 Å². The minimum atomic E-state index is -3.72. The highest BCUT2D eigenvalue weighted by atomic mass is 32.2. The Morgan fingerprint density at radius 3 is 2.35 bits per heavy atom. The lowest BCUT2D eigenvalue weighted by molar-refractivity contribution is -0.384. The molecule has 1 amide bonds. The van der Waals surface area contributed by atoms with Gasteiger partial charge in [0.1, 0.15) is 0 Å². The Balaban J connectivity index is 1.68. The van der Waals surface area contributed by atoms with Gasteiger partial charge in [0.2, 0.25) is 0 Å². The molecule has 10 heteroatoms. The molecule has 0 bridgehead atoms. The molecule has 158 valence electrons. The van der Waals surface area contributed by atoms with E-state index in [1.807, 2.05) is 0 Å². The van der Waals surface area contributed by atoms with Crippen LogP contribution in [-0.4, -0.2) is 32.5 Å². The number of carbonyl (C=O) groups is 1. The molecule has 31 heavy (non-hydrogen) atoms. The largest absolute Gasteiger partial charge is 0.271 e. The second kappa shape index (κ2) is 9.18. The first kappa shape index (κ1) is 21.7. The second-order valence-corrected chi connectivity index (χ2v) is 8.35. The summed E-state index contributed by atoms with van der Waals surface area (Å²) in [5.74, 6) is -0.512. The summed E-state index contributed by atoms with van der Waals surface area (Å²) >= 11 is 0. The minimum Gasteiger partial charge on any atom is -0.269 e. The van der Waals surface area contributed by atoms with Gasteiger partial charge in [-0.15, -0.1) is 0 Å². The Morgan fingerprint density at radius 2 is 1.71 bits per heavy atom. The van der Waals surface area contributed by atoms with Gasteiger partial charge in [-0.05, 0) is 36.4 Å². The number of hydrazone groups is 1. The van der Waals surface area contributed by atoms with Crippen LogP contribution in [0.3, 0.4) is 0 Å². The van der Waals surface area contributed by atoms with Gasteiger partial charge in [0, 0.05) is 30.3 Å². The highest BCUT2D eigenvalue weighted by Crippen LogP contribution is 2.22. The summed E-state index contributed by atoms with van der Waals surface area (Å²) < 4.78 is 26.5. The number of non-ortho nitro benzene ring substituents is 1. The van der Waals surface area contributed by atoms with E-state index in [0.717, 1.165) is 4.31 Å². The number of rotatable bonds is 7.